The Morgan fingerprint density at radius 3 is 2.92 bits per heavy atom. The highest BCUT2D eigenvalue weighted by Crippen LogP contribution is 2.57. The molecule has 2 saturated carbocycles. The molecule has 0 spiro atoms. The Labute approximate surface area is 145 Å². The van der Waals surface area contributed by atoms with Crippen LogP contribution < -0.4 is 0 Å². The first-order valence-electron chi connectivity index (χ1n) is 9.89. The topological polar surface area (TPSA) is 23.5 Å². The largest absolute Gasteiger partial charge is 0.508 e. The van der Waals surface area contributed by atoms with Crippen LogP contribution in [0.1, 0.15) is 56.1 Å². The fourth-order valence-electron chi connectivity index (χ4n) is 6.27. The van der Waals surface area contributed by atoms with Gasteiger partial charge >= 0.3 is 0 Å². The van der Waals surface area contributed by atoms with Gasteiger partial charge in [-0.2, -0.15) is 0 Å². The molecule has 0 aromatic heterocycles. The molecule has 0 unspecified atom stereocenters. The van der Waals surface area contributed by atoms with E-state index in [2.05, 4.69) is 23.6 Å². The Hall–Kier alpha value is -1.28. The Morgan fingerprint density at radius 2 is 2.12 bits per heavy atom. The van der Waals surface area contributed by atoms with Crippen LogP contribution in [-0.4, -0.2) is 29.1 Å². The molecule has 0 amide bonds. The van der Waals surface area contributed by atoms with Crippen molar-refractivity contribution in [2.75, 3.05) is 13.1 Å². The van der Waals surface area contributed by atoms with Gasteiger partial charge in [0.15, 0.2) is 0 Å². The number of hydrogen-bond donors (Lipinski definition) is 1. The number of hydrogen-bond acceptors (Lipinski definition) is 2. The zero-order valence-corrected chi connectivity index (χ0v) is 14.6. The van der Waals surface area contributed by atoms with Gasteiger partial charge < -0.3 is 5.11 Å². The van der Waals surface area contributed by atoms with Gasteiger partial charge in [0, 0.05) is 18.0 Å². The molecule has 1 heterocycles. The molecule has 2 heteroatoms. The Bertz CT molecular complexity index is 677. The number of benzene rings is 1. The van der Waals surface area contributed by atoms with Crippen LogP contribution in [0.2, 0.25) is 0 Å². The van der Waals surface area contributed by atoms with Gasteiger partial charge in [0.1, 0.15) is 5.75 Å². The summed E-state index contributed by atoms with van der Waals surface area (Å²) in [4.78, 5) is 2.84. The predicted octanol–water partition coefficient (Wildman–Crippen LogP) is 4.42. The second-order valence-corrected chi connectivity index (χ2v) is 8.88. The number of aromatic hydroxyl groups is 1. The van der Waals surface area contributed by atoms with E-state index >= 15 is 0 Å². The predicted molar refractivity (Wildman–Crippen MR) is 97.3 cm³/mol. The summed E-state index contributed by atoms with van der Waals surface area (Å²) in [7, 11) is 0. The van der Waals surface area contributed by atoms with Gasteiger partial charge in [-0.25, -0.2) is 0 Å². The quantitative estimate of drug-likeness (QED) is 0.815. The molecule has 0 radical (unpaired) electrons. The lowest BCUT2D eigenvalue weighted by molar-refractivity contribution is -0.0147. The van der Waals surface area contributed by atoms with E-state index in [1.807, 2.05) is 6.07 Å². The molecule has 3 atom stereocenters. The van der Waals surface area contributed by atoms with Gasteiger partial charge in [-0.3, -0.25) is 4.90 Å². The fraction of sp³-hybridized carbons (Fsp3) is 0.636. The van der Waals surface area contributed by atoms with E-state index in [4.69, 9.17) is 0 Å². The normalized spacial score (nSPS) is 35.9. The number of phenols is 1. The summed E-state index contributed by atoms with van der Waals surface area (Å²) in [6.07, 6.45) is 10.4. The molecular weight excluding hydrogens is 294 g/mol. The van der Waals surface area contributed by atoms with Crippen LogP contribution in [0.25, 0.3) is 0 Å². The molecule has 24 heavy (non-hydrogen) atoms. The molecule has 1 aliphatic heterocycles. The summed E-state index contributed by atoms with van der Waals surface area (Å²) in [5.74, 6) is 2.15. The number of nitrogens with zero attached hydrogens (tertiary/aromatic N) is 1. The highest BCUT2D eigenvalue weighted by Gasteiger charge is 2.54. The van der Waals surface area contributed by atoms with Crippen LogP contribution in [0, 0.1) is 11.8 Å². The lowest BCUT2D eigenvalue weighted by atomic mass is 9.51. The first-order valence-corrected chi connectivity index (χ1v) is 9.89. The minimum absolute atomic E-state index is 0.252. The highest BCUT2D eigenvalue weighted by molar-refractivity contribution is 5.46. The molecular formula is C22H29NO. The molecule has 1 aromatic carbocycles. The van der Waals surface area contributed by atoms with Crippen LogP contribution in [0.15, 0.2) is 30.4 Å². The maximum Gasteiger partial charge on any atom is 0.115 e. The minimum Gasteiger partial charge on any atom is -0.508 e. The van der Waals surface area contributed by atoms with E-state index < -0.39 is 0 Å². The molecule has 1 aromatic rings. The number of piperidine rings is 1. The van der Waals surface area contributed by atoms with Crippen molar-refractivity contribution in [3.05, 3.63) is 41.5 Å². The van der Waals surface area contributed by atoms with Gasteiger partial charge in [-0.05, 0) is 86.6 Å². The van der Waals surface area contributed by atoms with E-state index in [9.17, 15) is 5.11 Å². The summed E-state index contributed by atoms with van der Waals surface area (Å²) >= 11 is 0. The van der Waals surface area contributed by atoms with Crippen molar-refractivity contribution in [3.8, 4) is 5.75 Å². The van der Waals surface area contributed by atoms with Crippen LogP contribution in [0.5, 0.6) is 5.75 Å². The summed E-state index contributed by atoms with van der Waals surface area (Å²) in [5.41, 5.74) is 4.62. The molecule has 1 N–H and O–H groups in total. The summed E-state index contributed by atoms with van der Waals surface area (Å²) in [5, 5.41) is 10.1. The molecule has 1 saturated heterocycles. The first kappa shape index (κ1) is 15.0. The lowest BCUT2D eigenvalue weighted by Gasteiger charge is -2.60. The second-order valence-electron chi connectivity index (χ2n) is 8.88. The Morgan fingerprint density at radius 1 is 1.25 bits per heavy atom. The number of fused-ring (bicyclic) bond motifs is 1. The second kappa shape index (κ2) is 5.36. The SMILES string of the molecule is C=C1CC[C@H]2[C@H]3Cc4ccc(O)cc4[C@@]2(CCN3CC2CCC2)C1. The Kier molecular flexibility index (Phi) is 3.35. The third-order valence-electron chi connectivity index (χ3n) is 7.64. The first-order chi connectivity index (χ1) is 11.7. The lowest BCUT2D eigenvalue weighted by Crippen LogP contribution is -2.61. The van der Waals surface area contributed by atoms with Crippen molar-refractivity contribution in [1.29, 1.82) is 0 Å². The minimum atomic E-state index is 0.252. The summed E-state index contributed by atoms with van der Waals surface area (Å²) in [6.45, 7) is 6.92. The monoisotopic (exact) mass is 323 g/mol. The van der Waals surface area contributed by atoms with Crippen molar-refractivity contribution in [1.82, 2.24) is 4.90 Å². The summed E-state index contributed by atoms with van der Waals surface area (Å²) in [6, 6.07) is 6.88. The number of phenolic OH excluding ortho intramolecular Hbond substituents is 1. The van der Waals surface area contributed by atoms with Crippen molar-refractivity contribution in [3.63, 3.8) is 0 Å². The molecule has 3 fully saturated rings. The van der Waals surface area contributed by atoms with Gasteiger partial charge in [-0.1, -0.05) is 24.6 Å². The molecule has 2 nitrogen and oxygen atoms in total. The zero-order valence-electron chi connectivity index (χ0n) is 14.6. The number of rotatable bonds is 2. The van der Waals surface area contributed by atoms with Gasteiger partial charge in [0.25, 0.3) is 0 Å². The van der Waals surface area contributed by atoms with E-state index in [0.29, 0.717) is 11.8 Å². The molecule has 3 aliphatic carbocycles. The average molecular weight is 323 g/mol. The van der Waals surface area contributed by atoms with Crippen LogP contribution in [-0.2, 0) is 11.8 Å². The van der Waals surface area contributed by atoms with Crippen molar-refractivity contribution in [2.45, 2.75) is 62.8 Å². The molecule has 5 rings (SSSR count). The molecule has 4 aliphatic rings. The van der Waals surface area contributed by atoms with Crippen LogP contribution >= 0.6 is 0 Å². The van der Waals surface area contributed by atoms with E-state index in [1.165, 1.54) is 74.7 Å². The molecule has 128 valence electrons. The maximum atomic E-state index is 10.1. The standard InChI is InChI=1S/C22H29NO/c1-15-5-8-19-21-11-17-6-7-18(24)12-20(17)22(19,13-15)9-10-23(21)14-16-3-2-4-16/h6-7,12,16,19,21,24H,1-5,8-11,13-14H2/t19-,21+,22-/m0/s1. The van der Waals surface area contributed by atoms with E-state index in [-0.39, 0.29) is 5.41 Å². The number of allylic oxidation sites excluding steroid dienone is 1. The summed E-state index contributed by atoms with van der Waals surface area (Å²) < 4.78 is 0. The van der Waals surface area contributed by atoms with Crippen LogP contribution in [0.4, 0.5) is 0 Å². The van der Waals surface area contributed by atoms with Gasteiger partial charge in [0.05, 0.1) is 0 Å². The van der Waals surface area contributed by atoms with E-state index in [0.717, 1.165) is 18.3 Å². The average Bonchev–Trinajstić information content (AvgIpc) is 2.52. The van der Waals surface area contributed by atoms with Crippen LogP contribution in [0.3, 0.4) is 0 Å². The van der Waals surface area contributed by atoms with E-state index in [1.54, 1.807) is 0 Å². The maximum absolute atomic E-state index is 10.1. The highest BCUT2D eigenvalue weighted by atomic mass is 16.3. The third-order valence-corrected chi connectivity index (χ3v) is 7.64. The van der Waals surface area contributed by atoms with Crippen molar-refractivity contribution >= 4 is 0 Å². The van der Waals surface area contributed by atoms with Gasteiger partial charge in [-0.15, -0.1) is 0 Å². The Balaban J connectivity index is 1.56. The third kappa shape index (κ3) is 2.12. The smallest absolute Gasteiger partial charge is 0.115 e. The fourth-order valence-corrected chi connectivity index (χ4v) is 6.27. The molecule has 2 bridgehead atoms. The zero-order chi connectivity index (χ0) is 16.3. The van der Waals surface area contributed by atoms with Gasteiger partial charge in [0.2, 0.25) is 0 Å². The van der Waals surface area contributed by atoms with Crippen molar-refractivity contribution < 1.29 is 5.11 Å². The van der Waals surface area contributed by atoms with Crippen molar-refractivity contribution in [2.24, 2.45) is 11.8 Å². The number of likely N-dealkylation sites (tertiary alicyclic amines) is 1.